The molecule has 26 heavy (non-hydrogen) atoms. The maximum Gasteiger partial charge on any atom is 0.337 e. The lowest BCUT2D eigenvalue weighted by Crippen LogP contribution is -2.38. The second-order valence-corrected chi connectivity index (χ2v) is 6.45. The molecule has 0 radical (unpaired) electrons. The normalized spacial score (nSPS) is 24.0. The van der Waals surface area contributed by atoms with Crippen LogP contribution in [-0.4, -0.2) is 38.9 Å². The van der Waals surface area contributed by atoms with Crippen LogP contribution in [0.2, 0.25) is 0 Å². The summed E-state index contributed by atoms with van der Waals surface area (Å²) in [5.74, 6) is -0.710. The number of aryl methyl sites for hydroxylation is 1. The molecule has 2 aliphatic rings. The minimum atomic E-state index is -0.488. The van der Waals surface area contributed by atoms with E-state index in [4.69, 9.17) is 14.2 Å². The van der Waals surface area contributed by atoms with E-state index < -0.39 is 12.3 Å². The van der Waals surface area contributed by atoms with Crippen LogP contribution < -0.4 is 5.32 Å². The SMILES string of the molecule is COC(=O)C1=CO[C@@H](OC)[C@@H]2C(CNC(=O)c3ccccc3C)=CC[C@H]12. The predicted octanol–water partition coefficient (Wildman–Crippen LogP) is 2.35. The second kappa shape index (κ2) is 7.74. The van der Waals surface area contributed by atoms with E-state index in [1.54, 1.807) is 13.2 Å². The van der Waals surface area contributed by atoms with Crippen molar-refractivity contribution in [3.05, 3.63) is 58.9 Å². The number of rotatable bonds is 5. The standard InChI is InChI=1S/C20H23NO5/c1-12-6-4-5-7-14(12)18(22)21-10-13-8-9-15-16(19(23)24-2)11-26-20(25-3)17(13)15/h4-8,11,15,17,20H,9-10H2,1-3H3,(H,21,22)/t15-,17-,20-/m1/s1. The molecule has 0 unspecified atom stereocenters. The van der Waals surface area contributed by atoms with E-state index in [2.05, 4.69) is 5.32 Å². The van der Waals surface area contributed by atoms with Gasteiger partial charge in [-0.3, -0.25) is 4.79 Å². The first-order valence-electron chi connectivity index (χ1n) is 8.56. The van der Waals surface area contributed by atoms with E-state index >= 15 is 0 Å². The number of carbonyl (C=O) groups excluding carboxylic acids is 2. The lowest BCUT2D eigenvalue weighted by molar-refractivity contribution is -0.146. The van der Waals surface area contributed by atoms with Crippen molar-refractivity contribution < 1.29 is 23.8 Å². The summed E-state index contributed by atoms with van der Waals surface area (Å²) in [4.78, 5) is 24.5. The minimum Gasteiger partial charge on any atom is -0.471 e. The van der Waals surface area contributed by atoms with Crippen LogP contribution in [0.25, 0.3) is 0 Å². The Kier molecular flexibility index (Phi) is 5.42. The molecule has 0 saturated carbocycles. The van der Waals surface area contributed by atoms with Gasteiger partial charge in [0, 0.05) is 25.1 Å². The number of fused-ring (bicyclic) bond motifs is 1. The van der Waals surface area contributed by atoms with Crippen LogP contribution in [-0.2, 0) is 19.0 Å². The second-order valence-electron chi connectivity index (χ2n) is 6.45. The maximum absolute atomic E-state index is 12.5. The fourth-order valence-electron chi connectivity index (χ4n) is 3.63. The quantitative estimate of drug-likeness (QED) is 0.647. The number of hydrogen-bond donors (Lipinski definition) is 1. The van der Waals surface area contributed by atoms with Crippen molar-refractivity contribution in [3.63, 3.8) is 0 Å². The average Bonchev–Trinajstić information content (AvgIpc) is 3.09. The number of amides is 1. The van der Waals surface area contributed by atoms with Gasteiger partial charge in [-0.2, -0.15) is 0 Å². The van der Waals surface area contributed by atoms with Gasteiger partial charge in [-0.25, -0.2) is 4.79 Å². The number of methoxy groups -OCH3 is 2. The largest absolute Gasteiger partial charge is 0.471 e. The highest BCUT2D eigenvalue weighted by Crippen LogP contribution is 2.43. The van der Waals surface area contributed by atoms with Crippen molar-refractivity contribution in [2.45, 2.75) is 19.6 Å². The number of benzene rings is 1. The molecule has 0 aromatic heterocycles. The highest BCUT2D eigenvalue weighted by Gasteiger charge is 2.44. The predicted molar refractivity (Wildman–Crippen MR) is 95.2 cm³/mol. The number of nitrogens with one attached hydrogen (secondary N) is 1. The van der Waals surface area contributed by atoms with E-state index in [1.807, 2.05) is 31.2 Å². The number of carbonyl (C=O) groups is 2. The van der Waals surface area contributed by atoms with Gasteiger partial charge < -0.3 is 19.5 Å². The molecular weight excluding hydrogens is 334 g/mol. The molecule has 1 aliphatic carbocycles. The van der Waals surface area contributed by atoms with Crippen molar-refractivity contribution in [3.8, 4) is 0 Å². The molecule has 0 saturated heterocycles. The van der Waals surface area contributed by atoms with Crippen molar-refractivity contribution in [2.24, 2.45) is 11.8 Å². The Morgan fingerprint density at radius 3 is 2.73 bits per heavy atom. The molecule has 6 heteroatoms. The molecule has 1 heterocycles. The summed E-state index contributed by atoms with van der Waals surface area (Å²) >= 11 is 0. The minimum absolute atomic E-state index is 0.0634. The van der Waals surface area contributed by atoms with Crippen molar-refractivity contribution in [1.82, 2.24) is 5.32 Å². The van der Waals surface area contributed by atoms with E-state index in [0.717, 1.165) is 11.1 Å². The molecule has 0 fully saturated rings. The summed E-state index contributed by atoms with van der Waals surface area (Å²) in [5.41, 5.74) is 3.08. The van der Waals surface area contributed by atoms with Gasteiger partial charge in [-0.05, 0) is 30.5 Å². The Hall–Kier alpha value is -2.60. The van der Waals surface area contributed by atoms with E-state index in [0.29, 0.717) is 24.1 Å². The van der Waals surface area contributed by atoms with Gasteiger partial charge >= 0.3 is 5.97 Å². The van der Waals surface area contributed by atoms with Crippen molar-refractivity contribution in [2.75, 3.05) is 20.8 Å². The molecule has 3 atom stereocenters. The summed E-state index contributed by atoms with van der Waals surface area (Å²) in [5, 5.41) is 2.96. The molecule has 3 rings (SSSR count). The van der Waals surface area contributed by atoms with Crippen molar-refractivity contribution >= 4 is 11.9 Å². The van der Waals surface area contributed by atoms with Crippen LogP contribution in [0.15, 0.2) is 47.7 Å². The van der Waals surface area contributed by atoms with E-state index in [-0.39, 0.29) is 17.7 Å². The average molecular weight is 357 g/mol. The van der Waals surface area contributed by atoms with Crippen LogP contribution >= 0.6 is 0 Å². The molecule has 0 spiro atoms. The Balaban J connectivity index is 1.72. The zero-order valence-electron chi connectivity index (χ0n) is 15.2. The van der Waals surface area contributed by atoms with Gasteiger partial charge in [0.05, 0.1) is 24.9 Å². The van der Waals surface area contributed by atoms with Crippen molar-refractivity contribution in [1.29, 1.82) is 0 Å². The van der Waals surface area contributed by atoms with E-state index in [9.17, 15) is 9.59 Å². The van der Waals surface area contributed by atoms with Gasteiger partial charge in [0.15, 0.2) is 0 Å². The zero-order chi connectivity index (χ0) is 18.7. The van der Waals surface area contributed by atoms with Crippen LogP contribution in [0.1, 0.15) is 22.3 Å². The van der Waals surface area contributed by atoms with Crippen LogP contribution in [0.5, 0.6) is 0 Å². The molecule has 0 bridgehead atoms. The summed E-state index contributed by atoms with van der Waals surface area (Å²) in [6.45, 7) is 2.29. The van der Waals surface area contributed by atoms with Gasteiger partial charge in [0.1, 0.15) is 0 Å². The molecule has 1 N–H and O–H groups in total. The summed E-state index contributed by atoms with van der Waals surface area (Å²) < 4.78 is 15.9. The van der Waals surface area contributed by atoms with Crippen LogP contribution in [0.3, 0.4) is 0 Å². The maximum atomic E-state index is 12.5. The molecule has 138 valence electrons. The number of hydrogen-bond acceptors (Lipinski definition) is 5. The molecule has 1 aromatic rings. The number of esters is 1. The fraction of sp³-hybridized carbons (Fsp3) is 0.400. The van der Waals surface area contributed by atoms with Gasteiger partial charge in [-0.1, -0.05) is 24.3 Å². The first-order valence-corrected chi connectivity index (χ1v) is 8.56. The summed E-state index contributed by atoms with van der Waals surface area (Å²) in [7, 11) is 2.92. The number of ether oxygens (including phenoxy) is 3. The Labute approximate surface area is 152 Å². The molecule has 1 amide bonds. The smallest absolute Gasteiger partial charge is 0.337 e. The van der Waals surface area contributed by atoms with Gasteiger partial charge in [0.25, 0.3) is 5.91 Å². The molecule has 1 aromatic carbocycles. The fourth-order valence-corrected chi connectivity index (χ4v) is 3.63. The third-order valence-corrected chi connectivity index (χ3v) is 5.01. The number of allylic oxidation sites excluding steroid dienone is 1. The highest BCUT2D eigenvalue weighted by atomic mass is 16.7. The highest BCUT2D eigenvalue weighted by molar-refractivity contribution is 5.95. The lowest BCUT2D eigenvalue weighted by atomic mass is 9.83. The van der Waals surface area contributed by atoms with Gasteiger partial charge in [0.2, 0.25) is 6.29 Å². The Bertz CT molecular complexity index is 767. The summed E-state index contributed by atoms with van der Waals surface area (Å²) in [6, 6.07) is 7.45. The lowest BCUT2D eigenvalue weighted by Gasteiger charge is -2.34. The topological polar surface area (TPSA) is 73.9 Å². The molecule has 6 nitrogen and oxygen atoms in total. The van der Waals surface area contributed by atoms with E-state index in [1.165, 1.54) is 13.4 Å². The Morgan fingerprint density at radius 2 is 2.04 bits per heavy atom. The Morgan fingerprint density at radius 1 is 1.27 bits per heavy atom. The monoisotopic (exact) mass is 357 g/mol. The summed E-state index contributed by atoms with van der Waals surface area (Å²) in [6.07, 6.45) is 3.68. The first kappa shape index (κ1) is 18.2. The third-order valence-electron chi connectivity index (χ3n) is 5.01. The zero-order valence-corrected chi connectivity index (χ0v) is 15.2. The van der Waals surface area contributed by atoms with Crippen LogP contribution in [0, 0.1) is 18.8 Å². The molecular formula is C20H23NO5. The van der Waals surface area contributed by atoms with Gasteiger partial charge in [-0.15, -0.1) is 0 Å². The first-order chi connectivity index (χ1) is 12.6. The molecule has 1 aliphatic heterocycles. The third kappa shape index (κ3) is 3.37. The van der Waals surface area contributed by atoms with Crippen LogP contribution in [0.4, 0.5) is 0 Å².